The van der Waals surface area contributed by atoms with Gasteiger partial charge in [0.25, 0.3) is 0 Å². The second kappa shape index (κ2) is 10.2. The zero-order valence-corrected chi connectivity index (χ0v) is 17.4. The molecule has 3 heterocycles. The van der Waals surface area contributed by atoms with Gasteiger partial charge in [-0.25, -0.2) is 0 Å². The van der Waals surface area contributed by atoms with Crippen LogP contribution in [0.5, 0.6) is 0 Å². The second-order valence-corrected chi connectivity index (χ2v) is 8.32. The Bertz CT molecular complexity index is 745. The first kappa shape index (κ1) is 24.1. The minimum absolute atomic E-state index is 0.942. The highest BCUT2D eigenvalue weighted by atomic mass is 16.7. The van der Waals surface area contributed by atoms with Crippen LogP contribution in [0, 0.1) is 0 Å². The summed E-state index contributed by atoms with van der Waals surface area (Å²) in [6, 6.07) is 0. The Morgan fingerprint density at radius 1 is 0.788 bits per heavy atom. The highest BCUT2D eigenvalue weighted by Gasteiger charge is 2.65. The number of hydrogen-bond acceptors (Lipinski definition) is 15. The molecule has 0 bridgehead atoms. The molecule has 15 heteroatoms. The van der Waals surface area contributed by atoms with Crippen LogP contribution in [-0.4, -0.2) is 161 Å². The summed E-state index contributed by atoms with van der Waals surface area (Å²) in [5.41, 5.74) is -3.02. The molecule has 0 radical (unpaired) electrons. The number of aliphatic hydroxyl groups is 11. The molecule has 3 rings (SSSR count). The minimum Gasteiger partial charge on any atom is -0.394 e. The van der Waals surface area contributed by atoms with E-state index in [2.05, 4.69) is 0 Å². The molecule has 0 aliphatic carbocycles. The zero-order valence-electron chi connectivity index (χ0n) is 19.4. The van der Waals surface area contributed by atoms with Gasteiger partial charge in [-0.2, -0.15) is 0 Å². The number of ether oxygens (including phenoxy) is 4. The Morgan fingerprint density at radius 3 is 1.97 bits per heavy atom. The van der Waals surface area contributed by atoms with E-state index in [1.54, 1.807) is 0 Å². The average Bonchev–Trinajstić information content (AvgIpc) is 2.80. The first-order valence-electron chi connectivity index (χ1n) is 11.2. The maximum Gasteiger partial charge on any atom is 0.192 e. The third-order valence-corrected chi connectivity index (χ3v) is 6.24. The molecule has 194 valence electrons. The van der Waals surface area contributed by atoms with E-state index in [-0.39, 0.29) is 0 Å². The second-order valence-electron chi connectivity index (χ2n) is 8.32. The molecule has 15 nitrogen and oxygen atoms in total. The monoisotopic (exact) mass is 490 g/mol. The van der Waals surface area contributed by atoms with Crippen LogP contribution in [0.1, 0.15) is 9.67 Å². The lowest BCUT2D eigenvalue weighted by atomic mass is 9.76. The topological polar surface area (TPSA) is 259 Å². The SMILES string of the molecule is [2H]C1(O)O[C@H](CO)[C@@H](O[C@@H]2O[C@H](CO)[C@H](O)[C@H](O)[C@]2(O)C2O[C@@H](C)[C@@H](O)[C@@H](O)[C@@H]2O)[C@H](O)[C@@]1([2H])O. The van der Waals surface area contributed by atoms with E-state index in [4.69, 9.17) is 21.7 Å². The Morgan fingerprint density at radius 2 is 1.39 bits per heavy atom. The van der Waals surface area contributed by atoms with Crippen LogP contribution in [-0.2, 0) is 18.9 Å². The molecule has 0 aromatic heterocycles. The minimum atomic E-state index is -3.47. The van der Waals surface area contributed by atoms with Crippen LogP contribution < -0.4 is 0 Å². The quantitative estimate of drug-likeness (QED) is 0.171. The van der Waals surface area contributed by atoms with E-state index in [0.717, 1.165) is 0 Å². The predicted octanol–water partition coefficient (Wildman–Crippen LogP) is -7.16. The van der Waals surface area contributed by atoms with Crippen molar-refractivity contribution in [3.63, 3.8) is 0 Å². The third kappa shape index (κ3) is 4.53. The molecule has 3 aliphatic rings. The fourth-order valence-corrected chi connectivity index (χ4v) is 4.19. The predicted molar refractivity (Wildman–Crippen MR) is 99.9 cm³/mol. The molecule has 0 aromatic rings. The van der Waals surface area contributed by atoms with Crippen LogP contribution in [0.15, 0.2) is 0 Å². The highest BCUT2D eigenvalue weighted by molar-refractivity contribution is 5.11. The fraction of sp³-hybridized carbons (Fsp3) is 1.00. The number of hydrogen-bond donors (Lipinski definition) is 11. The Kier molecular flexibility index (Phi) is 7.44. The molecule has 0 amide bonds. The molecule has 3 fully saturated rings. The smallest absolute Gasteiger partial charge is 0.192 e. The van der Waals surface area contributed by atoms with Crippen molar-refractivity contribution in [3.05, 3.63) is 0 Å². The van der Waals surface area contributed by atoms with Gasteiger partial charge in [-0.1, -0.05) is 0 Å². The maximum atomic E-state index is 11.5. The molecule has 11 N–H and O–H groups in total. The van der Waals surface area contributed by atoms with Gasteiger partial charge in [-0.15, -0.1) is 0 Å². The molecular formula is C18H32O15. The van der Waals surface area contributed by atoms with E-state index in [9.17, 15) is 56.2 Å². The largest absolute Gasteiger partial charge is 0.394 e. The van der Waals surface area contributed by atoms with Crippen molar-refractivity contribution in [2.75, 3.05) is 13.2 Å². The van der Waals surface area contributed by atoms with Gasteiger partial charge in [-0.05, 0) is 6.92 Å². The standard InChI is InChI=1S/C18H32O15/c1-4-7(21)9(23)11(25)15(30-4)18(29)14(27)8(22)5(2-19)32-17(18)33-13-6(3-20)31-16(28)12(26)10(13)24/h4-17,19-29H,2-3H2,1H3/t4-,5+,6+,7+,8-,9+,10+,11-,12+,13+,14-,15?,16?,17-,18-/m0/s1/i12D,16D. The molecule has 0 aromatic carbocycles. The Labute approximate surface area is 190 Å². The molecule has 0 spiro atoms. The van der Waals surface area contributed by atoms with Crippen molar-refractivity contribution in [2.24, 2.45) is 0 Å². The van der Waals surface area contributed by atoms with Crippen LogP contribution >= 0.6 is 0 Å². The lowest BCUT2D eigenvalue weighted by Gasteiger charge is -2.55. The fourth-order valence-electron chi connectivity index (χ4n) is 4.19. The summed E-state index contributed by atoms with van der Waals surface area (Å²) < 4.78 is 36.1. The van der Waals surface area contributed by atoms with Gasteiger partial charge in [-0.3, -0.25) is 0 Å². The van der Waals surface area contributed by atoms with Crippen molar-refractivity contribution in [2.45, 2.75) is 98.3 Å². The molecule has 0 saturated carbocycles. The van der Waals surface area contributed by atoms with Crippen molar-refractivity contribution >= 4 is 0 Å². The number of rotatable bonds is 5. The van der Waals surface area contributed by atoms with Crippen molar-refractivity contribution in [1.29, 1.82) is 0 Å². The van der Waals surface area contributed by atoms with E-state index in [1.807, 2.05) is 0 Å². The maximum absolute atomic E-state index is 11.5. The Hall–Kier alpha value is -0.600. The molecule has 33 heavy (non-hydrogen) atoms. The third-order valence-electron chi connectivity index (χ3n) is 6.24. The van der Waals surface area contributed by atoms with Gasteiger partial charge >= 0.3 is 0 Å². The highest BCUT2D eigenvalue weighted by Crippen LogP contribution is 2.41. The molecule has 2 unspecified atom stereocenters. The van der Waals surface area contributed by atoms with E-state index in [1.165, 1.54) is 6.92 Å². The first-order chi connectivity index (χ1) is 16.1. The van der Waals surface area contributed by atoms with Crippen molar-refractivity contribution < 1.29 is 77.9 Å². The van der Waals surface area contributed by atoms with Gasteiger partial charge in [0, 0.05) is 0 Å². The summed E-state index contributed by atoms with van der Waals surface area (Å²) in [6.07, 6.45) is -30.5. The lowest BCUT2D eigenvalue weighted by molar-refractivity contribution is -0.406. The summed E-state index contributed by atoms with van der Waals surface area (Å²) in [6.45, 7) is -0.754. The van der Waals surface area contributed by atoms with E-state index < -0.39 is 105 Å². The lowest BCUT2D eigenvalue weighted by Crippen LogP contribution is -2.77. The average molecular weight is 490 g/mol. The van der Waals surface area contributed by atoms with Crippen molar-refractivity contribution in [3.8, 4) is 0 Å². The van der Waals surface area contributed by atoms with E-state index in [0.29, 0.717) is 0 Å². The van der Waals surface area contributed by atoms with Gasteiger partial charge in [0.2, 0.25) is 0 Å². The van der Waals surface area contributed by atoms with Crippen LogP contribution in [0.25, 0.3) is 0 Å². The van der Waals surface area contributed by atoms with E-state index >= 15 is 0 Å². The van der Waals surface area contributed by atoms with Gasteiger partial charge in [0.05, 0.1) is 22.1 Å². The summed E-state index contributed by atoms with van der Waals surface area (Å²) in [5.74, 6) is 0. The first-order valence-corrected chi connectivity index (χ1v) is 10.2. The summed E-state index contributed by atoms with van der Waals surface area (Å²) in [7, 11) is 0. The summed E-state index contributed by atoms with van der Waals surface area (Å²) in [4.78, 5) is 0. The van der Waals surface area contributed by atoms with Gasteiger partial charge in [0.1, 0.15) is 67.1 Å². The summed E-state index contributed by atoms with van der Waals surface area (Å²) >= 11 is 0. The zero-order chi connectivity index (χ0) is 26.7. The van der Waals surface area contributed by atoms with Crippen LogP contribution in [0.2, 0.25) is 0 Å². The normalized spacial score (nSPS) is 61.3. The van der Waals surface area contributed by atoms with Gasteiger partial charge < -0.3 is 75.1 Å². The molecule has 15 atom stereocenters. The van der Waals surface area contributed by atoms with Gasteiger partial charge in [0.15, 0.2) is 18.2 Å². The molecule has 3 aliphatic heterocycles. The molecule has 3 saturated heterocycles. The van der Waals surface area contributed by atoms with Crippen LogP contribution in [0.3, 0.4) is 0 Å². The molecular weight excluding hydrogens is 456 g/mol. The van der Waals surface area contributed by atoms with Crippen molar-refractivity contribution in [1.82, 2.24) is 0 Å². The van der Waals surface area contributed by atoms with Crippen LogP contribution in [0.4, 0.5) is 0 Å². The summed E-state index contributed by atoms with van der Waals surface area (Å²) in [5, 5.41) is 113. The number of aliphatic hydroxyl groups excluding tert-OH is 8. The Balaban J connectivity index is 2.03.